The van der Waals surface area contributed by atoms with Gasteiger partial charge in [-0.1, -0.05) is 33.8 Å². The van der Waals surface area contributed by atoms with Crippen molar-refractivity contribution in [1.82, 2.24) is 0 Å². The highest BCUT2D eigenvalue weighted by Crippen LogP contribution is 2.31. The zero-order chi connectivity index (χ0) is 13.7. The molecule has 1 aromatic rings. The molecule has 2 heteroatoms. The van der Waals surface area contributed by atoms with E-state index in [-0.39, 0.29) is 5.92 Å². The summed E-state index contributed by atoms with van der Waals surface area (Å²) in [5, 5.41) is 0. The SMILES string of the molecule is CCC(=O)C(c1ccc(OC)cc1CC)C(C)C. The molecule has 0 aliphatic rings. The maximum atomic E-state index is 12.1. The number of carbonyl (C=O) groups is 1. The summed E-state index contributed by atoms with van der Waals surface area (Å²) in [6, 6.07) is 6.05. The molecule has 18 heavy (non-hydrogen) atoms. The number of ether oxygens (including phenoxy) is 1. The van der Waals surface area contributed by atoms with E-state index in [1.54, 1.807) is 7.11 Å². The van der Waals surface area contributed by atoms with Gasteiger partial charge in [0.2, 0.25) is 0 Å². The first-order valence-corrected chi connectivity index (χ1v) is 6.74. The highest BCUT2D eigenvalue weighted by Gasteiger charge is 2.24. The first-order valence-electron chi connectivity index (χ1n) is 6.74. The van der Waals surface area contributed by atoms with E-state index < -0.39 is 0 Å². The predicted octanol–water partition coefficient (Wildman–Crippen LogP) is 3.98. The lowest BCUT2D eigenvalue weighted by atomic mass is 9.81. The monoisotopic (exact) mass is 248 g/mol. The summed E-state index contributed by atoms with van der Waals surface area (Å²) < 4.78 is 5.25. The van der Waals surface area contributed by atoms with Crippen LogP contribution in [0, 0.1) is 5.92 Å². The van der Waals surface area contributed by atoms with E-state index in [1.807, 2.05) is 19.1 Å². The molecule has 0 amide bonds. The largest absolute Gasteiger partial charge is 0.497 e. The predicted molar refractivity (Wildman–Crippen MR) is 75.2 cm³/mol. The van der Waals surface area contributed by atoms with Crippen molar-refractivity contribution in [3.63, 3.8) is 0 Å². The van der Waals surface area contributed by atoms with Gasteiger partial charge in [-0.15, -0.1) is 0 Å². The van der Waals surface area contributed by atoms with E-state index in [0.717, 1.165) is 12.2 Å². The lowest BCUT2D eigenvalue weighted by molar-refractivity contribution is -0.121. The van der Waals surface area contributed by atoms with Crippen LogP contribution in [0.25, 0.3) is 0 Å². The quantitative estimate of drug-likeness (QED) is 0.761. The van der Waals surface area contributed by atoms with Gasteiger partial charge in [-0.05, 0) is 35.6 Å². The van der Waals surface area contributed by atoms with Crippen molar-refractivity contribution < 1.29 is 9.53 Å². The van der Waals surface area contributed by atoms with E-state index in [2.05, 4.69) is 26.8 Å². The van der Waals surface area contributed by atoms with Crippen molar-refractivity contribution in [3.8, 4) is 5.75 Å². The fourth-order valence-corrected chi connectivity index (χ4v) is 2.44. The van der Waals surface area contributed by atoms with Gasteiger partial charge >= 0.3 is 0 Å². The Balaban J connectivity index is 3.23. The molecule has 0 aliphatic heterocycles. The van der Waals surface area contributed by atoms with Crippen molar-refractivity contribution in [3.05, 3.63) is 29.3 Å². The second-order valence-corrected chi connectivity index (χ2v) is 4.96. The van der Waals surface area contributed by atoms with Gasteiger partial charge in [0.1, 0.15) is 11.5 Å². The maximum Gasteiger partial charge on any atom is 0.140 e. The van der Waals surface area contributed by atoms with Crippen molar-refractivity contribution >= 4 is 5.78 Å². The molecule has 0 aliphatic carbocycles. The molecule has 1 unspecified atom stereocenters. The zero-order valence-corrected chi connectivity index (χ0v) is 12.1. The highest BCUT2D eigenvalue weighted by atomic mass is 16.5. The first-order chi connectivity index (χ1) is 8.54. The Morgan fingerprint density at radius 2 is 1.94 bits per heavy atom. The van der Waals surface area contributed by atoms with Crippen LogP contribution in [-0.4, -0.2) is 12.9 Å². The summed E-state index contributed by atoms with van der Waals surface area (Å²) >= 11 is 0. The zero-order valence-electron chi connectivity index (χ0n) is 12.1. The number of hydrogen-bond acceptors (Lipinski definition) is 2. The number of aryl methyl sites for hydroxylation is 1. The second-order valence-electron chi connectivity index (χ2n) is 4.96. The molecule has 0 N–H and O–H groups in total. The molecule has 0 fully saturated rings. The molecule has 0 aromatic heterocycles. The molecular weight excluding hydrogens is 224 g/mol. The van der Waals surface area contributed by atoms with E-state index >= 15 is 0 Å². The van der Waals surface area contributed by atoms with Gasteiger partial charge in [-0.25, -0.2) is 0 Å². The minimum Gasteiger partial charge on any atom is -0.497 e. The molecule has 0 saturated carbocycles. The lowest BCUT2D eigenvalue weighted by Crippen LogP contribution is -2.19. The van der Waals surface area contributed by atoms with Crippen LogP contribution in [0.4, 0.5) is 0 Å². The van der Waals surface area contributed by atoms with E-state index in [1.165, 1.54) is 11.1 Å². The molecular formula is C16H24O2. The third-order valence-corrected chi connectivity index (χ3v) is 3.43. The normalized spacial score (nSPS) is 12.6. The van der Waals surface area contributed by atoms with Gasteiger partial charge in [-0.2, -0.15) is 0 Å². The first kappa shape index (κ1) is 14.7. The molecule has 1 aromatic carbocycles. The third-order valence-electron chi connectivity index (χ3n) is 3.43. The minimum atomic E-state index is 0.0101. The van der Waals surface area contributed by atoms with Crippen LogP contribution in [0.15, 0.2) is 18.2 Å². The number of ketones is 1. The summed E-state index contributed by atoms with van der Waals surface area (Å²) in [5.74, 6) is 1.53. The number of methoxy groups -OCH3 is 1. The molecule has 1 rings (SSSR count). The smallest absolute Gasteiger partial charge is 0.140 e. The Labute approximate surface area is 110 Å². The Morgan fingerprint density at radius 1 is 1.28 bits per heavy atom. The van der Waals surface area contributed by atoms with Gasteiger partial charge in [0.25, 0.3) is 0 Å². The Morgan fingerprint density at radius 3 is 2.39 bits per heavy atom. The molecule has 0 heterocycles. The van der Waals surface area contributed by atoms with Gasteiger partial charge < -0.3 is 4.74 Å². The average Bonchev–Trinajstić information content (AvgIpc) is 2.38. The lowest BCUT2D eigenvalue weighted by Gasteiger charge is -2.22. The van der Waals surface area contributed by atoms with Crippen LogP contribution in [0.3, 0.4) is 0 Å². The van der Waals surface area contributed by atoms with Crippen molar-refractivity contribution in [1.29, 1.82) is 0 Å². The average molecular weight is 248 g/mol. The number of rotatable bonds is 6. The van der Waals surface area contributed by atoms with Crippen molar-refractivity contribution in [2.45, 2.75) is 46.5 Å². The molecule has 100 valence electrons. The van der Waals surface area contributed by atoms with Gasteiger partial charge in [-0.3, -0.25) is 4.79 Å². The summed E-state index contributed by atoms with van der Waals surface area (Å²) in [6.45, 7) is 8.28. The van der Waals surface area contributed by atoms with Crippen LogP contribution < -0.4 is 4.74 Å². The second kappa shape index (κ2) is 6.58. The van der Waals surface area contributed by atoms with E-state index in [9.17, 15) is 4.79 Å². The number of benzene rings is 1. The van der Waals surface area contributed by atoms with Crippen LogP contribution in [0.5, 0.6) is 5.75 Å². The molecule has 0 bridgehead atoms. The molecule has 2 nitrogen and oxygen atoms in total. The fraction of sp³-hybridized carbons (Fsp3) is 0.562. The van der Waals surface area contributed by atoms with Gasteiger partial charge in [0.15, 0.2) is 0 Å². The van der Waals surface area contributed by atoms with Gasteiger partial charge in [0.05, 0.1) is 7.11 Å². The minimum absolute atomic E-state index is 0.0101. The molecule has 0 saturated heterocycles. The summed E-state index contributed by atoms with van der Waals surface area (Å²) in [5.41, 5.74) is 2.38. The summed E-state index contributed by atoms with van der Waals surface area (Å²) in [7, 11) is 1.67. The van der Waals surface area contributed by atoms with Crippen molar-refractivity contribution in [2.24, 2.45) is 5.92 Å². The molecule has 0 spiro atoms. The molecule has 1 atom stereocenters. The number of carbonyl (C=O) groups excluding carboxylic acids is 1. The Kier molecular flexibility index (Phi) is 5.39. The van der Waals surface area contributed by atoms with Crippen LogP contribution in [0.2, 0.25) is 0 Å². The topological polar surface area (TPSA) is 26.3 Å². The number of hydrogen-bond donors (Lipinski definition) is 0. The Bertz CT molecular complexity index is 408. The Hall–Kier alpha value is -1.31. The standard InChI is InChI=1S/C16H24O2/c1-6-12-10-13(18-5)8-9-14(12)16(11(3)4)15(17)7-2/h8-11,16H,6-7H2,1-5H3. The van der Waals surface area contributed by atoms with Gasteiger partial charge in [0, 0.05) is 12.3 Å². The maximum absolute atomic E-state index is 12.1. The van der Waals surface area contributed by atoms with Crippen LogP contribution >= 0.6 is 0 Å². The summed E-state index contributed by atoms with van der Waals surface area (Å²) in [6.07, 6.45) is 1.52. The van der Waals surface area contributed by atoms with Crippen LogP contribution in [-0.2, 0) is 11.2 Å². The highest BCUT2D eigenvalue weighted by molar-refractivity contribution is 5.86. The van der Waals surface area contributed by atoms with E-state index in [4.69, 9.17) is 4.74 Å². The molecule has 0 radical (unpaired) electrons. The van der Waals surface area contributed by atoms with Crippen molar-refractivity contribution in [2.75, 3.05) is 7.11 Å². The fourth-order valence-electron chi connectivity index (χ4n) is 2.44. The van der Waals surface area contributed by atoms with E-state index in [0.29, 0.717) is 18.1 Å². The number of Topliss-reactive ketones (excluding diaryl/α,β-unsaturated/α-hetero) is 1. The summed E-state index contributed by atoms with van der Waals surface area (Å²) in [4.78, 5) is 12.1. The third kappa shape index (κ3) is 3.12. The van der Waals surface area contributed by atoms with Crippen LogP contribution in [0.1, 0.15) is 51.2 Å².